The predicted molar refractivity (Wildman–Crippen MR) is 130 cm³/mol. The first-order chi connectivity index (χ1) is 15.2. The van der Waals surface area contributed by atoms with E-state index in [4.69, 9.17) is 11.6 Å². The summed E-state index contributed by atoms with van der Waals surface area (Å²) in [5.41, 5.74) is 2.41. The van der Waals surface area contributed by atoms with Crippen LogP contribution in [-0.2, 0) is 14.8 Å². The van der Waals surface area contributed by atoms with Crippen LogP contribution in [0, 0.1) is 19.8 Å². The van der Waals surface area contributed by atoms with Crippen molar-refractivity contribution in [2.75, 3.05) is 10.0 Å². The molecule has 6 nitrogen and oxygen atoms in total. The number of para-hydroxylation sites is 1. The van der Waals surface area contributed by atoms with Gasteiger partial charge in [-0.1, -0.05) is 60.0 Å². The third-order valence-electron chi connectivity index (χ3n) is 5.61. The Morgan fingerprint density at radius 3 is 2.56 bits per heavy atom. The summed E-state index contributed by atoms with van der Waals surface area (Å²) >= 11 is 7.48. The van der Waals surface area contributed by atoms with Crippen LogP contribution in [-0.4, -0.2) is 19.3 Å². The van der Waals surface area contributed by atoms with E-state index in [0.717, 1.165) is 41.8 Å². The van der Waals surface area contributed by atoms with Crippen LogP contribution in [0.25, 0.3) is 10.4 Å². The maximum atomic E-state index is 13.1. The second-order valence-corrected chi connectivity index (χ2v) is 11.0. The van der Waals surface area contributed by atoms with Gasteiger partial charge in [-0.2, -0.15) is 0 Å². The fourth-order valence-electron chi connectivity index (χ4n) is 3.89. The molecule has 9 heteroatoms. The molecule has 0 aliphatic heterocycles. The predicted octanol–water partition coefficient (Wildman–Crippen LogP) is 6.01. The van der Waals surface area contributed by atoms with Gasteiger partial charge in [0.1, 0.15) is 0 Å². The van der Waals surface area contributed by atoms with Crippen LogP contribution in [0.3, 0.4) is 0 Å². The van der Waals surface area contributed by atoms with Crippen molar-refractivity contribution in [2.24, 2.45) is 5.92 Å². The Hall–Kier alpha value is -2.42. The van der Waals surface area contributed by atoms with E-state index in [-0.39, 0.29) is 16.7 Å². The highest BCUT2D eigenvalue weighted by Gasteiger charge is 2.24. The molecule has 0 unspecified atom stereocenters. The third-order valence-corrected chi connectivity index (χ3v) is 8.57. The molecule has 0 radical (unpaired) electrons. The fraction of sp³-hybridized carbons (Fsp3) is 0.304. The molecule has 1 aliphatic rings. The monoisotopic (exact) mass is 489 g/mol. The molecule has 168 valence electrons. The van der Waals surface area contributed by atoms with Crippen LogP contribution < -0.4 is 10.0 Å². The van der Waals surface area contributed by atoms with Gasteiger partial charge in [-0.3, -0.25) is 9.52 Å². The van der Waals surface area contributed by atoms with Crippen molar-refractivity contribution in [1.29, 1.82) is 0 Å². The first-order valence-corrected chi connectivity index (χ1v) is 13.1. The molecule has 4 rings (SSSR count). The number of nitrogens with one attached hydrogen (secondary N) is 2. The van der Waals surface area contributed by atoms with Gasteiger partial charge in [0, 0.05) is 5.92 Å². The lowest BCUT2D eigenvalue weighted by Gasteiger charge is -2.13. The van der Waals surface area contributed by atoms with Crippen LogP contribution in [0.2, 0.25) is 5.02 Å². The number of aryl methyl sites for hydroxylation is 2. The number of hydrogen-bond acceptors (Lipinski definition) is 5. The summed E-state index contributed by atoms with van der Waals surface area (Å²) in [6.07, 6.45) is 4.01. The van der Waals surface area contributed by atoms with Crippen LogP contribution in [0.5, 0.6) is 0 Å². The number of benzene rings is 2. The van der Waals surface area contributed by atoms with E-state index >= 15 is 0 Å². The molecule has 3 aromatic rings. The summed E-state index contributed by atoms with van der Waals surface area (Å²) in [4.78, 5) is 17.9. The zero-order valence-corrected chi connectivity index (χ0v) is 20.2. The van der Waals surface area contributed by atoms with Crippen molar-refractivity contribution in [3.05, 3.63) is 58.7 Å². The molecule has 1 amide bonds. The van der Waals surface area contributed by atoms with Crippen molar-refractivity contribution < 1.29 is 13.2 Å². The topological polar surface area (TPSA) is 88.2 Å². The van der Waals surface area contributed by atoms with Gasteiger partial charge in [-0.25, -0.2) is 13.4 Å². The first kappa shape index (κ1) is 22.8. The van der Waals surface area contributed by atoms with E-state index in [1.54, 1.807) is 43.3 Å². The van der Waals surface area contributed by atoms with E-state index < -0.39 is 10.0 Å². The maximum Gasteiger partial charge on any atom is 0.262 e. The summed E-state index contributed by atoms with van der Waals surface area (Å²) in [5, 5.41) is 3.79. The second-order valence-electron chi connectivity index (χ2n) is 7.97. The Labute approximate surface area is 197 Å². The van der Waals surface area contributed by atoms with Gasteiger partial charge in [0.05, 0.1) is 26.2 Å². The molecular weight excluding hydrogens is 466 g/mol. The molecule has 0 atom stereocenters. The molecule has 32 heavy (non-hydrogen) atoms. The van der Waals surface area contributed by atoms with Crippen molar-refractivity contribution >= 4 is 49.7 Å². The van der Waals surface area contributed by atoms with Crippen molar-refractivity contribution in [1.82, 2.24) is 4.98 Å². The minimum absolute atomic E-state index is 0.0129. The number of anilines is 2. The molecule has 2 N–H and O–H groups in total. The Morgan fingerprint density at radius 2 is 1.84 bits per heavy atom. The van der Waals surface area contributed by atoms with Crippen LogP contribution in [0.4, 0.5) is 10.8 Å². The van der Waals surface area contributed by atoms with E-state index in [0.29, 0.717) is 21.4 Å². The van der Waals surface area contributed by atoms with Gasteiger partial charge in [-0.05, 0) is 56.0 Å². The van der Waals surface area contributed by atoms with Gasteiger partial charge in [0.25, 0.3) is 10.0 Å². The van der Waals surface area contributed by atoms with Gasteiger partial charge in [0.2, 0.25) is 5.91 Å². The van der Waals surface area contributed by atoms with E-state index in [1.165, 1.54) is 11.3 Å². The minimum atomic E-state index is -3.85. The number of sulfonamides is 1. The third kappa shape index (κ3) is 4.82. The number of aromatic nitrogens is 1. The number of rotatable bonds is 6. The van der Waals surface area contributed by atoms with E-state index in [9.17, 15) is 13.2 Å². The molecule has 1 heterocycles. The largest absolute Gasteiger partial charge is 0.302 e. The molecule has 1 saturated carbocycles. The Morgan fingerprint density at radius 1 is 1.12 bits per heavy atom. The van der Waals surface area contributed by atoms with Crippen molar-refractivity contribution in [3.63, 3.8) is 0 Å². The molecule has 0 spiro atoms. The SMILES string of the molecule is Cc1ccc(-c2sc(NC(=O)C3CCCC3)nc2C)cc1S(=O)(=O)Nc1ccccc1Cl. The summed E-state index contributed by atoms with van der Waals surface area (Å²) < 4.78 is 28.8. The van der Waals surface area contributed by atoms with Crippen LogP contribution in [0.15, 0.2) is 47.4 Å². The smallest absolute Gasteiger partial charge is 0.262 e. The van der Waals surface area contributed by atoms with E-state index in [2.05, 4.69) is 15.0 Å². The lowest BCUT2D eigenvalue weighted by molar-refractivity contribution is -0.119. The fourth-order valence-corrected chi connectivity index (χ4v) is 6.44. The van der Waals surface area contributed by atoms with E-state index in [1.807, 2.05) is 13.0 Å². The maximum absolute atomic E-state index is 13.1. The minimum Gasteiger partial charge on any atom is -0.302 e. The Bertz CT molecular complexity index is 1270. The zero-order valence-electron chi connectivity index (χ0n) is 17.8. The quantitative estimate of drug-likeness (QED) is 0.443. The summed E-state index contributed by atoms with van der Waals surface area (Å²) in [6, 6.07) is 12.0. The van der Waals surface area contributed by atoms with Gasteiger partial charge >= 0.3 is 0 Å². The summed E-state index contributed by atoms with van der Waals surface area (Å²) in [7, 11) is -3.85. The average Bonchev–Trinajstić information content (AvgIpc) is 3.40. The summed E-state index contributed by atoms with van der Waals surface area (Å²) in [6.45, 7) is 3.60. The molecule has 0 bridgehead atoms. The number of carbonyl (C=O) groups is 1. The number of amides is 1. The molecule has 1 aliphatic carbocycles. The number of halogens is 1. The molecule has 1 fully saturated rings. The van der Waals surface area contributed by atoms with Gasteiger partial charge < -0.3 is 5.32 Å². The van der Waals surface area contributed by atoms with Crippen molar-refractivity contribution in [2.45, 2.75) is 44.4 Å². The Kier molecular flexibility index (Phi) is 6.55. The number of thiazole rings is 1. The normalized spacial score (nSPS) is 14.5. The van der Waals surface area contributed by atoms with Gasteiger partial charge in [-0.15, -0.1) is 0 Å². The molecule has 2 aromatic carbocycles. The highest BCUT2D eigenvalue weighted by Crippen LogP contribution is 2.36. The lowest BCUT2D eigenvalue weighted by Crippen LogP contribution is -2.20. The van der Waals surface area contributed by atoms with Gasteiger partial charge in [0.15, 0.2) is 5.13 Å². The summed E-state index contributed by atoms with van der Waals surface area (Å²) in [5.74, 6) is 0.0635. The number of nitrogens with zero attached hydrogens (tertiary/aromatic N) is 1. The first-order valence-electron chi connectivity index (χ1n) is 10.4. The highest BCUT2D eigenvalue weighted by molar-refractivity contribution is 7.92. The van der Waals surface area contributed by atoms with Crippen molar-refractivity contribution in [3.8, 4) is 10.4 Å². The molecular formula is C23H24ClN3O3S2. The zero-order chi connectivity index (χ0) is 22.9. The van der Waals surface area contributed by atoms with Crippen LogP contribution >= 0.6 is 22.9 Å². The standard InChI is InChI=1S/C23H24ClN3O3S2/c1-14-11-12-17(13-20(14)32(29,30)27-19-10-6-5-9-18(19)24)21-15(2)25-23(31-21)26-22(28)16-7-3-4-8-16/h5-6,9-13,16,27H,3-4,7-8H2,1-2H3,(H,25,26,28). The second kappa shape index (κ2) is 9.21. The number of hydrogen-bond donors (Lipinski definition) is 2. The molecule has 0 saturated heterocycles. The highest BCUT2D eigenvalue weighted by atomic mass is 35.5. The molecule has 1 aromatic heterocycles. The lowest BCUT2D eigenvalue weighted by atomic mass is 10.1. The average molecular weight is 490 g/mol. The Balaban J connectivity index is 1.62. The number of carbonyl (C=O) groups excluding carboxylic acids is 1. The van der Waals surface area contributed by atoms with Crippen LogP contribution in [0.1, 0.15) is 36.9 Å².